The van der Waals surface area contributed by atoms with Gasteiger partial charge >= 0.3 is 12.4 Å². The number of alkyl halides is 6. The van der Waals surface area contributed by atoms with Gasteiger partial charge in [-0.1, -0.05) is 0 Å². The summed E-state index contributed by atoms with van der Waals surface area (Å²) < 4.78 is 78.4. The lowest BCUT2D eigenvalue weighted by atomic mass is 9.77. The normalized spacial score (nSPS) is 23.7. The van der Waals surface area contributed by atoms with Crippen LogP contribution in [0.25, 0.3) is 0 Å². The average molecular weight is 452 g/mol. The number of rotatable bonds is 3. The predicted octanol–water partition coefficient (Wildman–Crippen LogP) is 1.72. The van der Waals surface area contributed by atoms with Gasteiger partial charge in [0.15, 0.2) is 11.3 Å². The fraction of sp³-hybridized carbons (Fsp3) is 0.529. The van der Waals surface area contributed by atoms with E-state index in [1.54, 1.807) is 4.90 Å². The number of aromatic nitrogens is 2. The maximum Gasteiger partial charge on any atom is 0.434 e. The highest BCUT2D eigenvalue weighted by Gasteiger charge is 2.61. The molecular formula is C17H18F6N6O2. The fourth-order valence-corrected chi connectivity index (χ4v) is 3.64. The summed E-state index contributed by atoms with van der Waals surface area (Å²) in [6.45, 7) is 0.355. The van der Waals surface area contributed by atoms with Gasteiger partial charge in [-0.3, -0.25) is 4.79 Å². The SMILES string of the molecule is N=C(C1=C(N)NC(=O)CC1(O)C(F)(F)F)C1CCN(c2cnc(C(F)(F)F)cn2)CC1. The molecule has 0 bridgehead atoms. The van der Waals surface area contributed by atoms with E-state index in [9.17, 15) is 36.2 Å². The summed E-state index contributed by atoms with van der Waals surface area (Å²) in [7, 11) is 0. The average Bonchev–Trinajstić information content (AvgIpc) is 2.66. The summed E-state index contributed by atoms with van der Waals surface area (Å²) in [4.78, 5) is 20.2. The van der Waals surface area contributed by atoms with Gasteiger partial charge in [-0.15, -0.1) is 0 Å². The van der Waals surface area contributed by atoms with Gasteiger partial charge in [-0.05, 0) is 12.8 Å². The summed E-state index contributed by atoms with van der Waals surface area (Å²) >= 11 is 0. The maximum absolute atomic E-state index is 13.5. The number of hydrogen-bond acceptors (Lipinski definition) is 7. The zero-order chi connectivity index (χ0) is 23.2. The molecule has 0 radical (unpaired) electrons. The number of piperidine rings is 1. The highest BCUT2D eigenvalue weighted by atomic mass is 19.4. The van der Waals surface area contributed by atoms with Gasteiger partial charge in [0.2, 0.25) is 5.91 Å². The van der Waals surface area contributed by atoms with Crippen LogP contribution in [0.4, 0.5) is 32.2 Å². The molecule has 14 heteroatoms. The molecule has 0 aliphatic carbocycles. The van der Waals surface area contributed by atoms with Crippen LogP contribution in [0.15, 0.2) is 23.8 Å². The third-order valence-corrected chi connectivity index (χ3v) is 5.27. The van der Waals surface area contributed by atoms with Crippen LogP contribution >= 0.6 is 0 Å². The van der Waals surface area contributed by atoms with Crippen molar-refractivity contribution < 1.29 is 36.2 Å². The molecule has 170 valence electrons. The Morgan fingerprint density at radius 1 is 1.19 bits per heavy atom. The Morgan fingerprint density at radius 3 is 2.29 bits per heavy atom. The number of carbonyl (C=O) groups is 1. The number of carbonyl (C=O) groups excluding carboxylic acids is 1. The second kappa shape index (κ2) is 7.66. The number of amides is 1. The van der Waals surface area contributed by atoms with Crippen molar-refractivity contribution >= 4 is 17.4 Å². The van der Waals surface area contributed by atoms with Crippen LogP contribution in [0.1, 0.15) is 25.0 Å². The number of hydrogen-bond donors (Lipinski definition) is 4. The topological polar surface area (TPSA) is 128 Å². The van der Waals surface area contributed by atoms with E-state index >= 15 is 0 Å². The number of anilines is 1. The van der Waals surface area contributed by atoms with Gasteiger partial charge in [-0.2, -0.15) is 26.3 Å². The number of halogens is 6. The lowest BCUT2D eigenvalue weighted by molar-refractivity contribution is -0.245. The molecule has 5 N–H and O–H groups in total. The van der Waals surface area contributed by atoms with Crippen LogP contribution in [0.5, 0.6) is 0 Å². The van der Waals surface area contributed by atoms with Crippen LogP contribution in [-0.2, 0) is 11.0 Å². The van der Waals surface area contributed by atoms with Crippen molar-refractivity contribution in [2.75, 3.05) is 18.0 Å². The Kier molecular flexibility index (Phi) is 5.63. The molecule has 8 nitrogen and oxygen atoms in total. The zero-order valence-corrected chi connectivity index (χ0v) is 15.8. The highest BCUT2D eigenvalue weighted by molar-refractivity contribution is 6.04. The minimum Gasteiger partial charge on any atom is -0.385 e. The van der Waals surface area contributed by atoms with E-state index in [0.29, 0.717) is 6.20 Å². The molecule has 1 fully saturated rings. The van der Waals surface area contributed by atoms with Crippen molar-refractivity contribution in [3.05, 3.63) is 29.5 Å². The molecule has 0 saturated carbocycles. The van der Waals surface area contributed by atoms with Crippen molar-refractivity contribution in [1.82, 2.24) is 15.3 Å². The van der Waals surface area contributed by atoms with Gasteiger partial charge in [0.25, 0.3) is 0 Å². The van der Waals surface area contributed by atoms with Crippen molar-refractivity contribution in [2.24, 2.45) is 11.7 Å². The first-order valence-corrected chi connectivity index (χ1v) is 9.06. The number of aliphatic hydroxyl groups is 1. The zero-order valence-electron chi connectivity index (χ0n) is 15.8. The minimum atomic E-state index is -5.23. The van der Waals surface area contributed by atoms with E-state index in [0.717, 1.165) is 6.20 Å². The number of nitrogens with two attached hydrogens (primary N) is 1. The predicted molar refractivity (Wildman–Crippen MR) is 94.7 cm³/mol. The van der Waals surface area contributed by atoms with E-state index in [1.807, 2.05) is 5.32 Å². The molecule has 1 aromatic rings. The van der Waals surface area contributed by atoms with Crippen LogP contribution in [0, 0.1) is 11.3 Å². The van der Waals surface area contributed by atoms with E-state index in [-0.39, 0.29) is 31.7 Å². The molecule has 31 heavy (non-hydrogen) atoms. The Labute approximate surface area is 171 Å². The van der Waals surface area contributed by atoms with Crippen LogP contribution in [-0.4, -0.2) is 51.6 Å². The van der Waals surface area contributed by atoms with Crippen LogP contribution in [0.3, 0.4) is 0 Å². The van der Waals surface area contributed by atoms with Gasteiger partial charge in [0.1, 0.15) is 11.6 Å². The lowest BCUT2D eigenvalue weighted by Crippen LogP contribution is -2.58. The molecule has 3 heterocycles. The second-order valence-corrected chi connectivity index (χ2v) is 7.30. The standard InChI is InChI=1S/C17H18F6N6O2/c18-16(19,20)9-6-27-10(7-26-9)29-3-1-8(2-4-29)13(24)12-14(25)28-11(30)5-15(12,31)17(21,22)23/h6-8,24,31H,1-5,25H2,(H,28,30). The highest BCUT2D eigenvalue weighted by Crippen LogP contribution is 2.43. The van der Waals surface area contributed by atoms with Crippen molar-refractivity contribution in [1.29, 1.82) is 5.41 Å². The first-order chi connectivity index (χ1) is 14.2. The monoisotopic (exact) mass is 452 g/mol. The molecule has 1 saturated heterocycles. The van der Waals surface area contributed by atoms with Crippen molar-refractivity contribution in [2.45, 2.75) is 37.2 Å². The van der Waals surface area contributed by atoms with E-state index in [2.05, 4.69) is 9.97 Å². The Morgan fingerprint density at radius 2 is 1.81 bits per heavy atom. The van der Waals surface area contributed by atoms with E-state index < -0.39 is 59.0 Å². The molecule has 2 aliphatic rings. The van der Waals surface area contributed by atoms with E-state index in [1.165, 1.54) is 0 Å². The Hall–Kier alpha value is -2.90. The quantitative estimate of drug-likeness (QED) is 0.409. The smallest absolute Gasteiger partial charge is 0.385 e. The third-order valence-electron chi connectivity index (χ3n) is 5.27. The second-order valence-electron chi connectivity index (χ2n) is 7.30. The van der Waals surface area contributed by atoms with Crippen LogP contribution < -0.4 is 16.0 Å². The molecule has 1 amide bonds. The van der Waals surface area contributed by atoms with Gasteiger partial charge in [-0.25, -0.2) is 9.97 Å². The van der Waals surface area contributed by atoms with Crippen molar-refractivity contribution in [3.63, 3.8) is 0 Å². The maximum atomic E-state index is 13.5. The van der Waals surface area contributed by atoms with Crippen molar-refractivity contribution in [3.8, 4) is 0 Å². The van der Waals surface area contributed by atoms with Gasteiger partial charge in [0.05, 0.1) is 24.4 Å². The Balaban J connectivity index is 1.75. The third kappa shape index (κ3) is 4.29. The molecule has 3 rings (SSSR count). The minimum absolute atomic E-state index is 0.153. The molecule has 1 atom stereocenters. The molecule has 2 aliphatic heterocycles. The summed E-state index contributed by atoms with van der Waals surface area (Å²) in [5, 5.41) is 20.5. The Bertz CT molecular complexity index is 905. The molecule has 1 unspecified atom stereocenters. The summed E-state index contributed by atoms with van der Waals surface area (Å²) in [6.07, 6.45) is -9.33. The molecule has 1 aromatic heterocycles. The van der Waals surface area contributed by atoms with Crippen LogP contribution in [0.2, 0.25) is 0 Å². The summed E-state index contributed by atoms with van der Waals surface area (Å²) in [5.74, 6) is -2.41. The van der Waals surface area contributed by atoms with E-state index in [4.69, 9.17) is 11.1 Å². The fourth-order valence-electron chi connectivity index (χ4n) is 3.64. The molecular weight excluding hydrogens is 434 g/mol. The first-order valence-electron chi connectivity index (χ1n) is 9.06. The van der Waals surface area contributed by atoms with Gasteiger partial charge in [0, 0.05) is 24.7 Å². The summed E-state index contributed by atoms with van der Waals surface area (Å²) in [5.41, 5.74) is -0.613. The number of nitrogens with zero attached hydrogens (tertiary/aromatic N) is 3. The number of nitrogens with one attached hydrogen (secondary N) is 2. The molecule has 0 spiro atoms. The largest absolute Gasteiger partial charge is 0.434 e. The molecule has 0 aromatic carbocycles. The summed E-state index contributed by atoms with van der Waals surface area (Å²) in [6, 6.07) is 0. The lowest BCUT2D eigenvalue weighted by Gasteiger charge is -2.40. The van der Waals surface area contributed by atoms with Gasteiger partial charge < -0.3 is 26.5 Å². The first kappa shape index (κ1) is 22.8.